The number of nitrogens with one attached hydrogen (secondary N) is 1. The largest absolute Gasteiger partial charge is 0.336 e. The monoisotopic (exact) mass is 274 g/mol. The predicted molar refractivity (Wildman–Crippen MR) is 83.0 cm³/mol. The molecule has 3 nitrogen and oxygen atoms in total. The Morgan fingerprint density at radius 2 is 2.05 bits per heavy atom. The molecule has 0 bridgehead atoms. The molecule has 1 N–H and O–H groups in total. The minimum atomic E-state index is 0.202. The fourth-order valence-corrected chi connectivity index (χ4v) is 2.93. The zero-order valence-corrected chi connectivity index (χ0v) is 12.7. The standard InChI is InChI=1S/C17H26N2O/c1-3-14-7-9-15(10-8-14)17(20)19-13-5-4-6-16(19)11-12-18-2/h7-10,16,18H,3-6,11-13H2,1-2H3. The van der Waals surface area contributed by atoms with Crippen molar-refractivity contribution >= 4 is 5.91 Å². The number of hydrogen-bond acceptors (Lipinski definition) is 2. The number of benzene rings is 1. The maximum absolute atomic E-state index is 12.7. The van der Waals surface area contributed by atoms with Crippen LogP contribution in [0, 0.1) is 0 Å². The lowest BCUT2D eigenvalue weighted by molar-refractivity contribution is 0.0602. The summed E-state index contributed by atoms with van der Waals surface area (Å²) in [5.74, 6) is 0.202. The topological polar surface area (TPSA) is 32.3 Å². The quantitative estimate of drug-likeness (QED) is 0.895. The molecule has 1 fully saturated rings. The zero-order valence-electron chi connectivity index (χ0n) is 12.7. The van der Waals surface area contributed by atoms with E-state index in [1.54, 1.807) is 0 Å². The first-order valence-electron chi connectivity index (χ1n) is 7.80. The molecule has 1 aliphatic heterocycles. The molecule has 0 radical (unpaired) electrons. The van der Waals surface area contributed by atoms with Crippen LogP contribution in [0.1, 0.15) is 48.5 Å². The van der Waals surface area contributed by atoms with Gasteiger partial charge in [0, 0.05) is 18.2 Å². The van der Waals surface area contributed by atoms with Crippen LogP contribution in [0.2, 0.25) is 0 Å². The van der Waals surface area contributed by atoms with Gasteiger partial charge in [-0.25, -0.2) is 0 Å². The van der Waals surface area contributed by atoms with Crippen LogP contribution in [-0.2, 0) is 6.42 Å². The molecule has 3 heteroatoms. The first-order chi connectivity index (χ1) is 9.76. The zero-order chi connectivity index (χ0) is 14.4. The van der Waals surface area contributed by atoms with Crippen molar-refractivity contribution in [3.63, 3.8) is 0 Å². The Morgan fingerprint density at radius 3 is 2.70 bits per heavy atom. The molecule has 0 aromatic heterocycles. The van der Waals surface area contributed by atoms with Crippen LogP contribution in [0.15, 0.2) is 24.3 Å². The van der Waals surface area contributed by atoms with Crippen LogP contribution in [0.5, 0.6) is 0 Å². The molecule has 20 heavy (non-hydrogen) atoms. The van der Waals surface area contributed by atoms with Gasteiger partial charge >= 0.3 is 0 Å². The van der Waals surface area contributed by atoms with E-state index in [1.165, 1.54) is 12.0 Å². The molecule has 110 valence electrons. The van der Waals surface area contributed by atoms with Crippen molar-refractivity contribution in [2.75, 3.05) is 20.1 Å². The third-order valence-corrected chi connectivity index (χ3v) is 4.22. The summed E-state index contributed by atoms with van der Waals surface area (Å²) in [6, 6.07) is 8.49. The highest BCUT2D eigenvalue weighted by Crippen LogP contribution is 2.22. The first kappa shape index (κ1) is 15.0. The minimum absolute atomic E-state index is 0.202. The molecule has 1 heterocycles. The third-order valence-electron chi connectivity index (χ3n) is 4.22. The number of nitrogens with zero attached hydrogens (tertiary/aromatic N) is 1. The van der Waals surface area contributed by atoms with E-state index in [9.17, 15) is 4.79 Å². The number of aryl methyl sites for hydroxylation is 1. The molecule has 0 aliphatic carbocycles. The molecule has 1 unspecified atom stereocenters. The Bertz CT molecular complexity index is 427. The van der Waals surface area contributed by atoms with Crippen molar-refractivity contribution in [3.05, 3.63) is 35.4 Å². The van der Waals surface area contributed by atoms with Gasteiger partial charge in [-0.1, -0.05) is 19.1 Å². The van der Waals surface area contributed by atoms with Crippen LogP contribution in [0.3, 0.4) is 0 Å². The number of rotatable bonds is 5. The van der Waals surface area contributed by atoms with Crippen LogP contribution in [0.25, 0.3) is 0 Å². The molecule has 0 saturated carbocycles. The van der Waals surface area contributed by atoms with Gasteiger partial charge in [0.15, 0.2) is 0 Å². The van der Waals surface area contributed by atoms with Gasteiger partial charge in [0.2, 0.25) is 0 Å². The second-order valence-corrected chi connectivity index (χ2v) is 5.59. The molecule has 1 saturated heterocycles. The number of carbonyl (C=O) groups excluding carboxylic acids is 1. The van der Waals surface area contributed by atoms with E-state index in [0.717, 1.165) is 44.3 Å². The molecule has 1 amide bonds. The Hall–Kier alpha value is -1.35. The Morgan fingerprint density at radius 1 is 1.30 bits per heavy atom. The van der Waals surface area contributed by atoms with Gasteiger partial charge in [0.25, 0.3) is 5.91 Å². The Balaban J connectivity index is 2.07. The van der Waals surface area contributed by atoms with Crippen molar-refractivity contribution < 1.29 is 4.79 Å². The van der Waals surface area contributed by atoms with Crippen molar-refractivity contribution in [1.82, 2.24) is 10.2 Å². The van der Waals surface area contributed by atoms with E-state index in [0.29, 0.717) is 6.04 Å². The molecule has 0 spiro atoms. The summed E-state index contributed by atoms with van der Waals surface area (Å²) in [6.07, 6.45) is 5.58. The molecule has 2 rings (SSSR count). The predicted octanol–water partition coefficient (Wildman–Crippen LogP) is 2.85. The van der Waals surface area contributed by atoms with E-state index >= 15 is 0 Å². The van der Waals surface area contributed by atoms with Crippen LogP contribution in [-0.4, -0.2) is 37.0 Å². The fourth-order valence-electron chi connectivity index (χ4n) is 2.93. The van der Waals surface area contributed by atoms with Crippen molar-refractivity contribution in [3.8, 4) is 0 Å². The summed E-state index contributed by atoms with van der Waals surface area (Å²) in [5.41, 5.74) is 2.12. The second kappa shape index (κ2) is 7.44. The number of likely N-dealkylation sites (tertiary alicyclic amines) is 1. The number of hydrogen-bond donors (Lipinski definition) is 1. The van der Waals surface area contributed by atoms with Crippen molar-refractivity contribution in [2.45, 2.75) is 45.1 Å². The molecular weight excluding hydrogens is 248 g/mol. The number of carbonyl (C=O) groups is 1. The lowest BCUT2D eigenvalue weighted by Crippen LogP contribution is -2.44. The summed E-state index contributed by atoms with van der Waals surface area (Å²) >= 11 is 0. The summed E-state index contributed by atoms with van der Waals surface area (Å²) < 4.78 is 0. The molecule has 1 aromatic rings. The Kier molecular flexibility index (Phi) is 5.60. The number of amides is 1. The van der Waals surface area contributed by atoms with Gasteiger partial charge < -0.3 is 10.2 Å². The summed E-state index contributed by atoms with van der Waals surface area (Å²) in [5, 5.41) is 3.19. The van der Waals surface area contributed by atoms with Gasteiger partial charge in [-0.3, -0.25) is 4.79 Å². The average molecular weight is 274 g/mol. The molecular formula is C17H26N2O. The second-order valence-electron chi connectivity index (χ2n) is 5.59. The average Bonchev–Trinajstić information content (AvgIpc) is 2.52. The van der Waals surface area contributed by atoms with Gasteiger partial charge in [0.1, 0.15) is 0 Å². The van der Waals surface area contributed by atoms with E-state index in [2.05, 4.69) is 29.3 Å². The van der Waals surface area contributed by atoms with Crippen molar-refractivity contribution in [2.24, 2.45) is 0 Å². The highest BCUT2D eigenvalue weighted by Gasteiger charge is 2.26. The van der Waals surface area contributed by atoms with Gasteiger partial charge in [-0.2, -0.15) is 0 Å². The Labute approximate surface area is 122 Å². The molecule has 1 atom stereocenters. The van der Waals surface area contributed by atoms with Gasteiger partial charge in [-0.05, 0) is 63.4 Å². The highest BCUT2D eigenvalue weighted by molar-refractivity contribution is 5.94. The van der Waals surface area contributed by atoms with E-state index < -0.39 is 0 Å². The fraction of sp³-hybridized carbons (Fsp3) is 0.588. The van der Waals surface area contributed by atoms with Gasteiger partial charge in [-0.15, -0.1) is 0 Å². The van der Waals surface area contributed by atoms with E-state index in [-0.39, 0.29) is 5.91 Å². The van der Waals surface area contributed by atoms with Gasteiger partial charge in [0.05, 0.1) is 0 Å². The lowest BCUT2D eigenvalue weighted by atomic mass is 9.98. The molecule has 1 aromatic carbocycles. The maximum atomic E-state index is 12.7. The van der Waals surface area contributed by atoms with Crippen LogP contribution >= 0.6 is 0 Å². The summed E-state index contributed by atoms with van der Waals surface area (Å²) in [7, 11) is 1.97. The smallest absolute Gasteiger partial charge is 0.254 e. The van der Waals surface area contributed by atoms with Crippen LogP contribution in [0.4, 0.5) is 0 Å². The van der Waals surface area contributed by atoms with Crippen molar-refractivity contribution in [1.29, 1.82) is 0 Å². The maximum Gasteiger partial charge on any atom is 0.254 e. The normalized spacial score (nSPS) is 19.1. The number of piperidine rings is 1. The first-order valence-corrected chi connectivity index (χ1v) is 7.80. The van der Waals surface area contributed by atoms with E-state index in [1.807, 2.05) is 19.2 Å². The lowest BCUT2D eigenvalue weighted by Gasteiger charge is -2.36. The van der Waals surface area contributed by atoms with E-state index in [4.69, 9.17) is 0 Å². The van der Waals surface area contributed by atoms with Crippen LogP contribution < -0.4 is 5.32 Å². The highest BCUT2D eigenvalue weighted by atomic mass is 16.2. The summed E-state index contributed by atoms with van der Waals surface area (Å²) in [4.78, 5) is 14.8. The molecule has 1 aliphatic rings. The SMILES string of the molecule is CCc1ccc(C(=O)N2CCCCC2CCNC)cc1. The summed E-state index contributed by atoms with van der Waals surface area (Å²) in [6.45, 7) is 4.02. The minimum Gasteiger partial charge on any atom is -0.336 e. The third kappa shape index (κ3) is 3.60.